The monoisotopic (exact) mass is 219 g/mol. The Labute approximate surface area is 85.3 Å². The Morgan fingerprint density at radius 1 is 1.23 bits per heavy atom. The Balaban J connectivity index is 1.74. The van der Waals surface area contributed by atoms with Crippen molar-refractivity contribution in [3.63, 3.8) is 0 Å². The number of fused-ring (bicyclic) bond motifs is 1. The van der Waals surface area contributed by atoms with Crippen LogP contribution in [0, 0.1) is 5.92 Å². The fraction of sp³-hybridized carbons (Fsp3) is 1.00. The number of hydrogen-bond donors (Lipinski definition) is 0. The van der Waals surface area contributed by atoms with Gasteiger partial charge in [0.05, 0.1) is 6.10 Å². The summed E-state index contributed by atoms with van der Waals surface area (Å²) in [7, 11) is -0.743. The van der Waals surface area contributed by atoms with Crippen molar-refractivity contribution in [2.75, 3.05) is 6.54 Å². The van der Waals surface area contributed by atoms with Gasteiger partial charge in [-0.3, -0.25) is 0 Å². The highest BCUT2D eigenvalue weighted by atomic mass is 35.7. The largest absolute Gasteiger partial charge is 0.326 e. The predicted octanol–water partition coefficient (Wildman–Crippen LogP) is 3.12. The maximum Gasteiger partial charge on any atom is 0.207 e. The molecule has 3 aliphatic rings. The van der Waals surface area contributed by atoms with Gasteiger partial charge >= 0.3 is 0 Å². The van der Waals surface area contributed by atoms with Gasteiger partial charge in [-0.15, -0.1) is 0 Å². The van der Waals surface area contributed by atoms with Gasteiger partial charge in [0.1, 0.15) is 0 Å². The van der Waals surface area contributed by atoms with E-state index in [-0.39, 0.29) is 0 Å². The molecule has 2 nitrogen and oxygen atoms in total. The molecule has 13 heavy (non-hydrogen) atoms. The molecule has 74 valence electrons. The lowest BCUT2D eigenvalue weighted by Gasteiger charge is -2.32. The first-order chi connectivity index (χ1) is 6.36. The molecule has 3 atom stereocenters. The van der Waals surface area contributed by atoms with E-state index < -0.39 is 7.65 Å². The van der Waals surface area contributed by atoms with Gasteiger partial charge in [0.2, 0.25) is 7.65 Å². The van der Waals surface area contributed by atoms with Crippen molar-refractivity contribution < 1.29 is 4.52 Å². The second-order valence-corrected chi connectivity index (χ2v) is 6.40. The molecular weight excluding hydrogens is 205 g/mol. The summed E-state index contributed by atoms with van der Waals surface area (Å²) in [6.07, 6.45) is 7.26. The zero-order chi connectivity index (χ0) is 8.84. The van der Waals surface area contributed by atoms with Crippen LogP contribution in [0.15, 0.2) is 0 Å². The molecule has 3 fully saturated rings. The van der Waals surface area contributed by atoms with Gasteiger partial charge in [-0.25, -0.2) is 4.67 Å². The lowest BCUT2D eigenvalue weighted by atomic mass is 9.78. The Hall–Kier alpha value is 0.640. The summed E-state index contributed by atoms with van der Waals surface area (Å²) >= 11 is 6.20. The van der Waals surface area contributed by atoms with Crippen LogP contribution in [0.4, 0.5) is 0 Å². The van der Waals surface area contributed by atoms with E-state index in [0.717, 1.165) is 5.92 Å². The Morgan fingerprint density at radius 2 is 2.08 bits per heavy atom. The molecule has 1 aliphatic carbocycles. The molecular formula is C9H15ClNOP. The summed E-state index contributed by atoms with van der Waals surface area (Å²) in [5.41, 5.74) is 0. The molecule has 2 heterocycles. The zero-order valence-electron chi connectivity index (χ0n) is 7.66. The lowest BCUT2D eigenvalue weighted by molar-refractivity contribution is 0.0857. The molecule has 1 saturated carbocycles. The highest BCUT2D eigenvalue weighted by Crippen LogP contribution is 2.60. The lowest BCUT2D eigenvalue weighted by Crippen LogP contribution is -2.37. The number of rotatable bonds is 1. The quantitative estimate of drug-likeness (QED) is 0.629. The first-order valence-electron chi connectivity index (χ1n) is 5.25. The van der Waals surface area contributed by atoms with E-state index in [4.69, 9.17) is 15.8 Å². The van der Waals surface area contributed by atoms with E-state index in [9.17, 15) is 0 Å². The van der Waals surface area contributed by atoms with Crippen molar-refractivity contribution in [2.45, 2.75) is 44.2 Å². The van der Waals surface area contributed by atoms with Gasteiger partial charge in [-0.2, -0.15) is 0 Å². The van der Waals surface area contributed by atoms with Gasteiger partial charge in [0.15, 0.2) is 0 Å². The van der Waals surface area contributed by atoms with E-state index in [1.807, 2.05) is 0 Å². The van der Waals surface area contributed by atoms with Crippen molar-refractivity contribution >= 4 is 18.9 Å². The van der Waals surface area contributed by atoms with Gasteiger partial charge in [-0.05, 0) is 42.8 Å². The first-order valence-corrected chi connectivity index (χ1v) is 7.37. The molecule has 0 amide bonds. The van der Waals surface area contributed by atoms with Gasteiger partial charge in [0, 0.05) is 12.6 Å². The predicted molar refractivity (Wildman–Crippen MR) is 54.7 cm³/mol. The third-order valence-corrected chi connectivity index (χ3v) is 5.81. The van der Waals surface area contributed by atoms with Gasteiger partial charge in [0.25, 0.3) is 0 Å². The van der Waals surface area contributed by atoms with Crippen molar-refractivity contribution in [3.8, 4) is 0 Å². The van der Waals surface area contributed by atoms with Crippen LogP contribution >= 0.6 is 18.9 Å². The molecule has 0 radical (unpaired) electrons. The average Bonchev–Trinajstić information content (AvgIpc) is 2.53. The van der Waals surface area contributed by atoms with Gasteiger partial charge in [-0.1, -0.05) is 6.42 Å². The number of halogens is 1. The molecule has 0 aromatic heterocycles. The first kappa shape index (κ1) is 8.91. The smallest absolute Gasteiger partial charge is 0.207 e. The van der Waals surface area contributed by atoms with E-state index in [1.165, 1.54) is 38.6 Å². The Morgan fingerprint density at radius 3 is 2.77 bits per heavy atom. The fourth-order valence-corrected chi connectivity index (χ4v) is 4.96. The standard InChI is InChI=1S/C9H15ClNOP/c10-13-11-6-2-5-8(11)9(12-13)7-3-1-4-7/h7-9H,1-6H2/t8?,9-,13?/m1/s1. The van der Waals surface area contributed by atoms with E-state index >= 15 is 0 Å². The topological polar surface area (TPSA) is 12.5 Å². The maximum absolute atomic E-state index is 6.20. The molecule has 0 aromatic rings. The van der Waals surface area contributed by atoms with E-state index in [2.05, 4.69) is 4.67 Å². The van der Waals surface area contributed by atoms with Crippen LogP contribution in [0.1, 0.15) is 32.1 Å². The third kappa shape index (κ3) is 1.34. The van der Waals surface area contributed by atoms with Crippen molar-refractivity contribution in [1.82, 2.24) is 4.67 Å². The summed E-state index contributed by atoms with van der Waals surface area (Å²) < 4.78 is 8.29. The SMILES string of the molecule is ClP1O[C@H](C2CCC2)C2CCCN21. The molecule has 0 N–H and O–H groups in total. The summed E-state index contributed by atoms with van der Waals surface area (Å²) in [6.45, 7) is 1.17. The summed E-state index contributed by atoms with van der Waals surface area (Å²) in [6, 6.07) is 0.675. The van der Waals surface area contributed by atoms with Crippen LogP contribution in [0.25, 0.3) is 0 Å². The second kappa shape index (κ2) is 3.34. The number of hydrogen-bond acceptors (Lipinski definition) is 2. The minimum atomic E-state index is -0.743. The molecule has 4 heteroatoms. The summed E-state index contributed by atoms with van der Waals surface area (Å²) in [5.74, 6) is 0.830. The fourth-order valence-electron chi connectivity index (χ4n) is 2.71. The van der Waals surface area contributed by atoms with Crippen LogP contribution in [-0.2, 0) is 4.52 Å². The number of nitrogens with zero attached hydrogens (tertiary/aromatic N) is 1. The van der Waals surface area contributed by atoms with Crippen molar-refractivity contribution in [2.24, 2.45) is 5.92 Å². The normalized spacial score (nSPS) is 46.4. The molecule has 2 unspecified atom stereocenters. The van der Waals surface area contributed by atoms with E-state index in [0.29, 0.717) is 12.1 Å². The van der Waals surface area contributed by atoms with Crippen LogP contribution in [0.2, 0.25) is 0 Å². The third-order valence-electron chi connectivity index (χ3n) is 3.67. The van der Waals surface area contributed by atoms with Crippen LogP contribution < -0.4 is 0 Å². The van der Waals surface area contributed by atoms with Crippen molar-refractivity contribution in [3.05, 3.63) is 0 Å². The van der Waals surface area contributed by atoms with Crippen molar-refractivity contribution in [1.29, 1.82) is 0 Å². The van der Waals surface area contributed by atoms with Gasteiger partial charge < -0.3 is 4.52 Å². The second-order valence-electron chi connectivity index (χ2n) is 4.36. The molecule has 0 bridgehead atoms. The maximum atomic E-state index is 6.20. The highest BCUT2D eigenvalue weighted by Gasteiger charge is 2.48. The summed E-state index contributed by atoms with van der Waals surface area (Å²) in [4.78, 5) is 0. The molecule has 3 rings (SSSR count). The molecule has 0 spiro atoms. The molecule has 2 aliphatic heterocycles. The van der Waals surface area contributed by atoms with Crippen LogP contribution in [-0.4, -0.2) is 23.4 Å². The zero-order valence-corrected chi connectivity index (χ0v) is 9.31. The minimum Gasteiger partial charge on any atom is -0.326 e. The summed E-state index contributed by atoms with van der Waals surface area (Å²) in [5, 5.41) is 0. The molecule has 2 saturated heterocycles. The Kier molecular flexibility index (Phi) is 2.29. The average molecular weight is 220 g/mol. The highest BCUT2D eigenvalue weighted by molar-refractivity contribution is 7.78. The van der Waals surface area contributed by atoms with E-state index in [1.54, 1.807) is 0 Å². The minimum absolute atomic E-state index is 0.486. The van der Waals surface area contributed by atoms with Crippen LogP contribution in [0.5, 0.6) is 0 Å². The Bertz CT molecular complexity index is 212. The van der Waals surface area contributed by atoms with Crippen LogP contribution in [0.3, 0.4) is 0 Å². The molecule has 0 aromatic carbocycles.